The summed E-state index contributed by atoms with van der Waals surface area (Å²) in [6.45, 7) is -0.629. The second-order valence-electron chi connectivity index (χ2n) is 7.11. The van der Waals surface area contributed by atoms with Crippen LogP contribution in [0.2, 0.25) is 0 Å². The highest BCUT2D eigenvalue weighted by Gasteiger charge is 2.33. The van der Waals surface area contributed by atoms with Crippen molar-refractivity contribution >= 4 is 5.91 Å². The summed E-state index contributed by atoms with van der Waals surface area (Å²) >= 11 is 0. The highest BCUT2D eigenvalue weighted by molar-refractivity contribution is 5.76. The van der Waals surface area contributed by atoms with Crippen molar-refractivity contribution in [1.82, 2.24) is 5.32 Å². The maximum Gasteiger partial charge on any atom is 0.422 e. The lowest BCUT2D eigenvalue weighted by molar-refractivity contribution is -0.153. The molecule has 0 atom stereocenters. The van der Waals surface area contributed by atoms with Gasteiger partial charge < -0.3 is 20.5 Å². The number of nitrogens with two attached hydrogens (primary N) is 1. The Morgan fingerprint density at radius 3 is 2.52 bits per heavy atom. The smallest absolute Gasteiger partial charge is 0.422 e. The average Bonchev–Trinajstić information content (AvgIpc) is 2.65. The molecule has 0 saturated heterocycles. The van der Waals surface area contributed by atoms with Crippen LogP contribution in [-0.4, -0.2) is 32.3 Å². The van der Waals surface area contributed by atoms with Crippen LogP contribution in [0, 0.1) is 5.41 Å². The van der Waals surface area contributed by atoms with Crippen molar-refractivity contribution in [2.45, 2.75) is 51.2 Å². The number of ether oxygens (including phenoxy) is 2. The molecule has 27 heavy (non-hydrogen) atoms. The highest BCUT2D eigenvalue weighted by atomic mass is 19.4. The van der Waals surface area contributed by atoms with Crippen molar-refractivity contribution in [3.63, 3.8) is 0 Å². The summed E-state index contributed by atoms with van der Waals surface area (Å²) in [5.41, 5.74) is 6.51. The fourth-order valence-electron chi connectivity index (χ4n) is 3.46. The van der Waals surface area contributed by atoms with Crippen LogP contribution >= 0.6 is 0 Å². The van der Waals surface area contributed by atoms with Gasteiger partial charge in [0, 0.05) is 13.0 Å². The van der Waals surface area contributed by atoms with Crippen molar-refractivity contribution in [2.75, 3.05) is 20.3 Å². The maximum atomic E-state index is 12.3. The third kappa shape index (κ3) is 6.61. The third-order valence-corrected chi connectivity index (χ3v) is 4.99. The third-order valence-electron chi connectivity index (χ3n) is 4.99. The predicted octanol–water partition coefficient (Wildman–Crippen LogP) is 3.55. The predicted molar refractivity (Wildman–Crippen MR) is 95.6 cm³/mol. The molecule has 0 radical (unpaired) electrons. The van der Waals surface area contributed by atoms with E-state index in [0.717, 1.165) is 25.7 Å². The molecule has 0 heterocycles. The van der Waals surface area contributed by atoms with E-state index in [-0.39, 0.29) is 29.4 Å². The topological polar surface area (TPSA) is 73.6 Å². The summed E-state index contributed by atoms with van der Waals surface area (Å²) in [6.07, 6.45) is 1.29. The van der Waals surface area contributed by atoms with Gasteiger partial charge in [0.15, 0.2) is 18.1 Å². The second kappa shape index (κ2) is 9.30. The fourth-order valence-corrected chi connectivity index (χ4v) is 3.46. The molecule has 1 amide bonds. The first-order valence-corrected chi connectivity index (χ1v) is 9.10. The fraction of sp³-hybridized carbons (Fsp3) is 0.632. The molecular weight excluding hydrogens is 361 g/mol. The van der Waals surface area contributed by atoms with E-state index in [4.69, 9.17) is 15.2 Å². The largest absolute Gasteiger partial charge is 0.493 e. The lowest BCUT2D eigenvalue weighted by atomic mass is 9.71. The van der Waals surface area contributed by atoms with Gasteiger partial charge in [-0.3, -0.25) is 4.79 Å². The zero-order valence-corrected chi connectivity index (χ0v) is 15.5. The van der Waals surface area contributed by atoms with Crippen LogP contribution in [0.1, 0.15) is 44.1 Å². The van der Waals surface area contributed by atoms with Gasteiger partial charge in [-0.05, 0) is 42.5 Å². The first-order chi connectivity index (χ1) is 12.8. The van der Waals surface area contributed by atoms with Crippen LogP contribution < -0.4 is 20.5 Å². The zero-order valence-electron chi connectivity index (χ0n) is 15.5. The van der Waals surface area contributed by atoms with Gasteiger partial charge in [-0.2, -0.15) is 13.2 Å². The monoisotopic (exact) mass is 388 g/mol. The number of hydrogen-bond donors (Lipinski definition) is 2. The Hall–Kier alpha value is -1.96. The first kappa shape index (κ1) is 21.3. The minimum atomic E-state index is -4.42. The summed E-state index contributed by atoms with van der Waals surface area (Å²) in [5.74, 6) is 0.129. The van der Waals surface area contributed by atoms with Crippen molar-refractivity contribution < 1.29 is 27.4 Å². The highest BCUT2D eigenvalue weighted by Crippen LogP contribution is 2.38. The van der Waals surface area contributed by atoms with Crippen molar-refractivity contribution in [2.24, 2.45) is 11.1 Å². The SMILES string of the molecule is COc1cc(CNC(=O)CC2(CN)CCCCC2)ccc1OCC(F)(F)F. The molecule has 3 N–H and O–H groups in total. The Morgan fingerprint density at radius 1 is 1.22 bits per heavy atom. The minimum absolute atomic E-state index is 0.00851. The summed E-state index contributed by atoms with van der Waals surface area (Å²) in [6, 6.07) is 4.58. The Balaban J connectivity index is 1.92. The minimum Gasteiger partial charge on any atom is -0.493 e. The Labute approximate surface area is 157 Å². The number of carbonyl (C=O) groups excluding carboxylic acids is 1. The molecule has 1 saturated carbocycles. The molecular formula is C19H27F3N2O3. The molecule has 0 aliphatic heterocycles. The van der Waals surface area contributed by atoms with Gasteiger partial charge in [-0.15, -0.1) is 0 Å². The van der Waals surface area contributed by atoms with Gasteiger partial charge >= 0.3 is 6.18 Å². The van der Waals surface area contributed by atoms with Crippen LogP contribution in [0.15, 0.2) is 18.2 Å². The molecule has 5 nitrogen and oxygen atoms in total. The zero-order chi connectivity index (χ0) is 19.9. The number of nitrogens with one attached hydrogen (secondary N) is 1. The molecule has 1 aromatic carbocycles. The molecule has 0 aromatic heterocycles. The van der Waals surface area contributed by atoms with Crippen LogP contribution in [0.5, 0.6) is 11.5 Å². The summed E-state index contributed by atoms with van der Waals surface area (Å²) in [4.78, 5) is 12.3. The number of halogens is 3. The van der Waals surface area contributed by atoms with E-state index in [1.54, 1.807) is 12.1 Å². The lowest BCUT2D eigenvalue weighted by Crippen LogP contribution is -2.38. The van der Waals surface area contributed by atoms with Gasteiger partial charge in [0.25, 0.3) is 0 Å². The van der Waals surface area contributed by atoms with Crippen LogP contribution in [0.3, 0.4) is 0 Å². The number of methoxy groups -OCH3 is 1. The van der Waals surface area contributed by atoms with E-state index in [1.165, 1.54) is 19.6 Å². The molecule has 152 valence electrons. The number of carbonyl (C=O) groups is 1. The van der Waals surface area contributed by atoms with Crippen molar-refractivity contribution in [3.05, 3.63) is 23.8 Å². The van der Waals surface area contributed by atoms with E-state index in [1.807, 2.05) is 0 Å². The normalized spacial score (nSPS) is 16.6. The Morgan fingerprint density at radius 2 is 1.93 bits per heavy atom. The molecule has 0 spiro atoms. The standard InChI is InChI=1S/C19H27F3N2O3/c1-26-16-9-14(5-6-15(16)27-13-19(20,21)22)11-24-17(25)10-18(12-23)7-3-2-4-8-18/h5-6,9H,2-4,7-8,10-13,23H2,1H3,(H,24,25). The van der Waals surface area contributed by atoms with E-state index in [0.29, 0.717) is 18.5 Å². The number of hydrogen-bond acceptors (Lipinski definition) is 4. The summed E-state index contributed by atoms with van der Waals surface area (Å²) < 4.78 is 46.7. The second-order valence-corrected chi connectivity index (χ2v) is 7.11. The first-order valence-electron chi connectivity index (χ1n) is 9.10. The van der Waals surface area contributed by atoms with Gasteiger partial charge in [0.1, 0.15) is 0 Å². The molecule has 1 aromatic rings. The van der Waals surface area contributed by atoms with Crippen LogP contribution in [0.25, 0.3) is 0 Å². The van der Waals surface area contributed by atoms with Gasteiger partial charge in [0.2, 0.25) is 5.91 Å². The average molecular weight is 388 g/mol. The molecule has 1 fully saturated rings. The number of amides is 1. The Bertz CT molecular complexity index is 629. The number of alkyl halides is 3. The van der Waals surface area contributed by atoms with E-state index in [2.05, 4.69) is 5.32 Å². The molecule has 8 heteroatoms. The van der Waals surface area contributed by atoms with Crippen molar-refractivity contribution in [3.8, 4) is 11.5 Å². The molecule has 1 aliphatic rings. The summed E-state index contributed by atoms with van der Waals surface area (Å²) in [7, 11) is 1.35. The number of rotatable bonds is 8. The molecule has 2 rings (SSSR count). The van der Waals surface area contributed by atoms with E-state index in [9.17, 15) is 18.0 Å². The van der Waals surface area contributed by atoms with Crippen LogP contribution in [-0.2, 0) is 11.3 Å². The van der Waals surface area contributed by atoms with Gasteiger partial charge in [-0.25, -0.2) is 0 Å². The molecule has 0 unspecified atom stereocenters. The maximum absolute atomic E-state index is 12.3. The number of benzene rings is 1. The quantitative estimate of drug-likeness (QED) is 0.714. The van der Waals surface area contributed by atoms with Crippen molar-refractivity contribution in [1.29, 1.82) is 0 Å². The molecule has 1 aliphatic carbocycles. The van der Waals surface area contributed by atoms with Gasteiger partial charge in [0.05, 0.1) is 7.11 Å². The van der Waals surface area contributed by atoms with E-state index >= 15 is 0 Å². The Kier molecular flexibility index (Phi) is 7.35. The van der Waals surface area contributed by atoms with Gasteiger partial charge in [-0.1, -0.05) is 25.3 Å². The lowest BCUT2D eigenvalue weighted by Gasteiger charge is -2.35. The summed E-state index contributed by atoms with van der Waals surface area (Å²) in [5, 5.41) is 2.86. The molecule has 0 bridgehead atoms. The van der Waals surface area contributed by atoms with Crippen LogP contribution in [0.4, 0.5) is 13.2 Å². The van der Waals surface area contributed by atoms with E-state index < -0.39 is 12.8 Å².